The Morgan fingerprint density at radius 3 is 0.730 bits per heavy atom. The highest BCUT2D eigenvalue weighted by Crippen LogP contribution is 2.45. The van der Waals surface area contributed by atoms with E-state index in [2.05, 4.69) is 154 Å². The first-order valence-electron chi connectivity index (χ1n) is 46.5. The van der Waals surface area contributed by atoms with Gasteiger partial charge in [-0.2, -0.15) is 0 Å². The van der Waals surface area contributed by atoms with Crippen LogP contribution in [-0.4, -0.2) is 95.9 Å². The van der Waals surface area contributed by atoms with Gasteiger partial charge in [0.1, 0.15) is 25.4 Å². The highest BCUT2D eigenvalue weighted by Gasteiger charge is 2.29. The number of esters is 3. The second-order valence-corrected chi connectivity index (χ2v) is 34.0. The Balaban J connectivity index is 4.44. The summed E-state index contributed by atoms with van der Waals surface area (Å²) in [6, 6.07) is 0. The summed E-state index contributed by atoms with van der Waals surface area (Å²) in [5.74, 6) is -1.58. The molecular formula is C97H170O16P2. The molecule has 5 unspecified atom stereocenters. The monoisotopic (exact) mass is 1650 g/mol. The van der Waals surface area contributed by atoms with Crippen LogP contribution in [0.25, 0.3) is 0 Å². The minimum absolute atomic E-state index is 0.0845. The maximum Gasteiger partial charge on any atom is 0.472 e. The summed E-state index contributed by atoms with van der Waals surface area (Å²) >= 11 is 0. The smallest absolute Gasteiger partial charge is 0.463 e. The van der Waals surface area contributed by atoms with Gasteiger partial charge in [-0.25, -0.2) is 9.13 Å². The van der Waals surface area contributed by atoms with Crippen LogP contribution in [0.5, 0.6) is 0 Å². The number of rotatable bonds is 88. The molecule has 16 nitrogen and oxygen atoms in total. The van der Waals surface area contributed by atoms with Gasteiger partial charge in [0.05, 0.1) is 26.4 Å². The largest absolute Gasteiger partial charge is 0.472 e. The van der Waals surface area contributed by atoms with E-state index in [9.17, 15) is 43.5 Å². The first-order chi connectivity index (χ1) is 56.2. The maximum atomic E-state index is 13.0. The highest BCUT2D eigenvalue weighted by atomic mass is 31.2. The molecule has 0 aromatic heterocycles. The molecule has 0 aliphatic carbocycles. The van der Waals surface area contributed by atoms with E-state index >= 15 is 0 Å². The van der Waals surface area contributed by atoms with Crippen LogP contribution in [0.4, 0.5) is 0 Å². The molecule has 5 atom stereocenters. The minimum Gasteiger partial charge on any atom is -0.463 e. The van der Waals surface area contributed by atoms with Gasteiger partial charge < -0.3 is 34.2 Å². The lowest BCUT2D eigenvalue weighted by Gasteiger charge is -2.21. The van der Waals surface area contributed by atoms with E-state index in [0.717, 1.165) is 128 Å². The van der Waals surface area contributed by atoms with Crippen LogP contribution < -0.4 is 0 Å². The molecule has 0 spiro atoms. The number of aliphatic hydroxyl groups is 2. The zero-order chi connectivity index (χ0) is 83.6. The van der Waals surface area contributed by atoms with Gasteiger partial charge in [0.2, 0.25) is 0 Å². The van der Waals surface area contributed by atoms with Gasteiger partial charge in [0, 0.05) is 19.3 Å². The Morgan fingerprint density at radius 2 is 0.461 bits per heavy atom. The van der Waals surface area contributed by atoms with Crippen LogP contribution >= 0.6 is 15.6 Å². The van der Waals surface area contributed by atoms with Crippen molar-refractivity contribution < 1.29 is 75.8 Å². The molecule has 0 saturated heterocycles. The number of hydrogen-bond donors (Lipinski definition) is 4. The van der Waals surface area contributed by atoms with E-state index in [1.54, 1.807) is 0 Å². The molecule has 0 aliphatic rings. The Morgan fingerprint density at radius 1 is 0.252 bits per heavy atom. The summed E-state index contributed by atoms with van der Waals surface area (Å²) in [6.07, 6.45) is 111. The molecule has 0 heterocycles. The third-order valence-electron chi connectivity index (χ3n) is 19.8. The molecule has 0 radical (unpaired) electrons. The summed E-state index contributed by atoms with van der Waals surface area (Å²) in [5, 5.41) is 20.7. The van der Waals surface area contributed by atoms with Crippen LogP contribution in [0.1, 0.15) is 406 Å². The van der Waals surface area contributed by atoms with Gasteiger partial charge in [0.25, 0.3) is 0 Å². The molecule has 0 fully saturated rings. The Hall–Kier alpha value is -4.31. The van der Waals surface area contributed by atoms with Crippen molar-refractivity contribution in [2.75, 3.05) is 39.6 Å². The number of aliphatic hydroxyl groups excluding tert-OH is 2. The van der Waals surface area contributed by atoms with Crippen molar-refractivity contribution in [1.29, 1.82) is 0 Å². The van der Waals surface area contributed by atoms with E-state index in [4.69, 9.17) is 32.3 Å². The van der Waals surface area contributed by atoms with Gasteiger partial charge in [-0.15, -0.1) is 0 Å². The van der Waals surface area contributed by atoms with Gasteiger partial charge in [-0.1, -0.05) is 379 Å². The molecular weight excluding hydrogens is 1480 g/mol. The number of ether oxygens (including phenoxy) is 3. The molecule has 0 amide bonds. The van der Waals surface area contributed by atoms with Crippen LogP contribution in [0.3, 0.4) is 0 Å². The SMILES string of the molecule is CC/C=C\C/C=C\C/C=C\CCCCCCCC(=O)OC(COC(=O)CCCCCCCCCCCCCCCCC/C=C\C/C=C\C/C=C\C/C=C\CCCCC)COP(=O)(O)OCC(O)COP(=O)(O)OCC(O)COC(=O)CCCCCCCCCCCCCCCCCCC/C=C\C/C=C\C/C=C\C/C=C\CCCCC. The molecule has 0 aromatic rings. The number of phosphoric acid groups is 2. The number of hydrogen-bond acceptors (Lipinski definition) is 14. The van der Waals surface area contributed by atoms with Crippen molar-refractivity contribution in [3.63, 3.8) is 0 Å². The Labute approximate surface area is 703 Å². The van der Waals surface area contributed by atoms with Crippen molar-refractivity contribution in [3.05, 3.63) is 134 Å². The number of carbonyl (C=O) groups is 3. The summed E-state index contributed by atoms with van der Waals surface area (Å²) in [5.41, 5.74) is 0. The third-order valence-corrected chi connectivity index (χ3v) is 21.7. The zero-order valence-electron chi connectivity index (χ0n) is 73.2. The van der Waals surface area contributed by atoms with E-state index in [1.165, 1.54) is 218 Å². The summed E-state index contributed by atoms with van der Waals surface area (Å²) in [4.78, 5) is 58.9. The molecule has 0 rings (SSSR count). The van der Waals surface area contributed by atoms with Gasteiger partial charge >= 0.3 is 33.6 Å². The number of phosphoric ester groups is 2. The average Bonchev–Trinajstić information content (AvgIpc) is 0.900. The minimum atomic E-state index is -4.94. The highest BCUT2D eigenvalue weighted by molar-refractivity contribution is 7.47. The average molecular weight is 1650 g/mol. The molecule has 0 saturated carbocycles. The molecule has 18 heteroatoms. The van der Waals surface area contributed by atoms with Gasteiger partial charge in [-0.05, 0) is 141 Å². The summed E-state index contributed by atoms with van der Waals surface area (Å²) in [7, 11) is -9.80. The third kappa shape index (κ3) is 90.3. The predicted octanol–water partition coefficient (Wildman–Crippen LogP) is 28.6. The predicted molar refractivity (Wildman–Crippen MR) is 482 cm³/mol. The molecule has 0 aliphatic heterocycles. The lowest BCUT2D eigenvalue weighted by Crippen LogP contribution is -2.30. The summed E-state index contributed by atoms with van der Waals surface area (Å²) in [6.45, 7) is 2.55. The Kier molecular flexibility index (Phi) is 85.6. The maximum absolute atomic E-state index is 13.0. The van der Waals surface area contributed by atoms with Crippen molar-refractivity contribution >= 4 is 33.6 Å². The fourth-order valence-corrected chi connectivity index (χ4v) is 14.4. The van der Waals surface area contributed by atoms with Crippen LogP contribution in [0.2, 0.25) is 0 Å². The second-order valence-electron chi connectivity index (χ2n) is 31.1. The fraction of sp³-hybridized carbons (Fsp3) is 0.742. The summed E-state index contributed by atoms with van der Waals surface area (Å²) < 4.78 is 61.4. The number of allylic oxidation sites excluding steroid dienone is 22. The zero-order valence-corrected chi connectivity index (χ0v) is 75.0. The number of unbranched alkanes of at least 4 members (excludes halogenated alkanes) is 43. The van der Waals surface area contributed by atoms with Crippen LogP contribution in [0, 0.1) is 0 Å². The van der Waals surface area contributed by atoms with E-state index in [-0.39, 0.29) is 19.3 Å². The molecule has 664 valence electrons. The van der Waals surface area contributed by atoms with E-state index in [1.807, 2.05) is 0 Å². The lowest BCUT2D eigenvalue weighted by atomic mass is 10.0. The number of carbonyl (C=O) groups excluding carboxylic acids is 3. The molecule has 4 N–H and O–H groups in total. The molecule has 0 aromatic carbocycles. The van der Waals surface area contributed by atoms with Crippen molar-refractivity contribution in [2.24, 2.45) is 0 Å². The Bertz CT molecular complexity index is 2620. The molecule has 115 heavy (non-hydrogen) atoms. The van der Waals surface area contributed by atoms with Crippen molar-refractivity contribution in [3.8, 4) is 0 Å². The lowest BCUT2D eigenvalue weighted by molar-refractivity contribution is -0.161. The first-order valence-corrected chi connectivity index (χ1v) is 49.5. The first kappa shape index (κ1) is 111. The fourth-order valence-electron chi connectivity index (χ4n) is 12.8. The van der Waals surface area contributed by atoms with Gasteiger partial charge in [0.15, 0.2) is 6.10 Å². The van der Waals surface area contributed by atoms with Crippen LogP contribution in [-0.2, 0) is 55.8 Å². The van der Waals surface area contributed by atoms with Gasteiger partial charge in [-0.3, -0.25) is 32.5 Å². The quantitative estimate of drug-likeness (QED) is 0.0146. The van der Waals surface area contributed by atoms with E-state index < -0.39 is 91.5 Å². The van der Waals surface area contributed by atoms with Crippen molar-refractivity contribution in [2.45, 2.75) is 424 Å². The van der Waals surface area contributed by atoms with E-state index in [0.29, 0.717) is 19.3 Å². The molecule has 0 bridgehead atoms. The second kappa shape index (κ2) is 89.0. The topological polar surface area (TPSA) is 231 Å². The van der Waals surface area contributed by atoms with Crippen LogP contribution in [0.15, 0.2) is 134 Å². The normalized spacial score (nSPS) is 14.4. The van der Waals surface area contributed by atoms with Crippen molar-refractivity contribution in [1.82, 2.24) is 0 Å². The standard InChI is InChI=1S/C97H170O16P2/c1-4-7-10-13-16-19-22-25-28-30-32-34-36-38-40-42-44-45-47-49-50-52-54-56-58-60-63-65-68-71-74-77-80-83-95(100)107-86-92(98)87-109-114(103,104)110-88-93(99)89-111-115(105,106)112-91-94(113-97(102)85-82-79-76-73-70-67-62-27-24-21-18-15-12-9-6-3)90-108-96(101)84-81-78-75-72-69-66-64-61-59-57-55-53-51-48-46-43-41-39-37-35-33-31-29-26-23-20-17-14-11-8-5-2/h9,12,16-21,25-29,32-35,38-41,62,92-94,98-99H,4-8,10-11,13-15,22-24,30-31,36-37,42-61,63-91H2,1-3H3,(H,103,104)(H,105,106)/b12-9-,19-16-,20-17-,21-18-,28-25-,29-26-,34-32-,35-33-,40-38-,41-39-,62-27-.